The van der Waals surface area contributed by atoms with Crippen LogP contribution in [0.4, 0.5) is 0 Å². The lowest BCUT2D eigenvalue weighted by Crippen LogP contribution is -2.19. The summed E-state index contributed by atoms with van der Waals surface area (Å²) in [5.74, 6) is 1.66. The molecule has 0 aliphatic rings. The smallest absolute Gasteiger partial charge is 0.263 e. The van der Waals surface area contributed by atoms with Crippen molar-refractivity contribution in [1.29, 1.82) is 0 Å². The van der Waals surface area contributed by atoms with E-state index in [1.165, 1.54) is 0 Å². The van der Waals surface area contributed by atoms with Crippen molar-refractivity contribution in [3.63, 3.8) is 0 Å². The lowest BCUT2D eigenvalue weighted by molar-refractivity contribution is 0.0974. The Balaban J connectivity index is 2.69. The van der Waals surface area contributed by atoms with Crippen LogP contribution in [0.2, 0.25) is 0 Å². The fourth-order valence-corrected chi connectivity index (χ4v) is 1.92. The van der Waals surface area contributed by atoms with Gasteiger partial charge in [-0.25, -0.2) is 0 Å². The van der Waals surface area contributed by atoms with Gasteiger partial charge in [-0.15, -0.1) is 0 Å². The molecule has 0 bridgehead atoms. The minimum absolute atomic E-state index is 0.327. The Morgan fingerprint density at radius 2 is 1.74 bits per heavy atom. The number of amides is 2. The highest BCUT2D eigenvalue weighted by atomic mass is 16.2. The molecule has 0 fully saturated rings. The lowest BCUT2D eigenvalue weighted by atomic mass is 9.98. The van der Waals surface area contributed by atoms with Crippen molar-refractivity contribution in [3.05, 3.63) is 47.5 Å². The molecule has 4 nitrogen and oxygen atoms in total. The summed E-state index contributed by atoms with van der Waals surface area (Å²) in [6, 6.07) is 12.9. The molecule has 2 aromatic rings. The number of hydrogen-bond donors (Lipinski definition) is 2. The highest BCUT2D eigenvalue weighted by molar-refractivity contribution is 6.15. The first-order chi connectivity index (χ1) is 9.15. The standard InChI is InChI=1S/C15H12N2O2/c1-2-9-17-15(19)12-8-4-6-10-5-3-7-11(13(10)12)14(16)18/h3-8H,1H3,(H2,16,18)(H,17,19). The molecule has 3 N–H and O–H groups in total. The van der Waals surface area contributed by atoms with Gasteiger partial charge in [0.1, 0.15) is 0 Å². The predicted molar refractivity (Wildman–Crippen MR) is 73.4 cm³/mol. The van der Waals surface area contributed by atoms with Crippen LogP contribution in [0.25, 0.3) is 10.8 Å². The number of nitrogens with two attached hydrogens (primary N) is 1. The van der Waals surface area contributed by atoms with Crippen LogP contribution >= 0.6 is 0 Å². The van der Waals surface area contributed by atoms with Gasteiger partial charge in [0, 0.05) is 22.6 Å². The quantitative estimate of drug-likeness (QED) is 0.630. The number of carbonyl (C=O) groups is 2. The van der Waals surface area contributed by atoms with E-state index in [1.54, 1.807) is 31.2 Å². The minimum atomic E-state index is -0.563. The van der Waals surface area contributed by atoms with Gasteiger partial charge < -0.3 is 5.73 Å². The lowest BCUT2D eigenvalue weighted by Gasteiger charge is -2.08. The molecule has 0 unspecified atom stereocenters. The number of primary amides is 1. The molecule has 94 valence electrons. The number of benzene rings is 2. The third-order valence-corrected chi connectivity index (χ3v) is 2.72. The van der Waals surface area contributed by atoms with Crippen LogP contribution in [0.1, 0.15) is 27.6 Å². The van der Waals surface area contributed by atoms with Crippen molar-refractivity contribution < 1.29 is 9.59 Å². The maximum absolute atomic E-state index is 12.0. The highest BCUT2D eigenvalue weighted by Gasteiger charge is 2.14. The number of carbonyl (C=O) groups excluding carboxylic acids is 2. The van der Waals surface area contributed by atoms with Crippen molar-refractivity contribution in [2.24, 2.45) is 5.73 Å². The van der Waals surface area contributed by atoms with Crippen LogP contribution in [-0.2, 0) is 0 Å². The van der Waals surface area contributed by atoms with E-state index in [4.69, 9.17) is 5.73 Å². The van der Waals surface area contributed by atoms with Gasteiger partial charge in [0.15, 0.2) is 0 Å². The Morgan fingerprint density at radius 1 is 1.11 bits per heavy atom. The highest BCUT2D eigenvalue weighted by Crippen LogP contribution is 2.22. The van der Waals surface area contributed by atoms with E-state index in [2.05, 4.69) is 17.3 Å². The van der Waals surface area contributed by atoms with Gasteiger partial charge >= 0.3 is 0 Å². The van der Waals surface area contributed by atoms with E-state index in [0.717, 1.165) is 5.39 Å². The molecule has 0 radical (unpaired) electrons. The van der Waals surface area contributed by atoms with Crippen molar-refractivity contribution in [2.75, 3.05) is 0 Å². The van der Waals surface area contributed by atoms with Gasteiger partial charge in [-0.1, -0.05) is 30.2 Å². The first-order valence-corrected chi connectivity index (χ1v) is 5.68. The van der Waals surface area contributed by atoms with E-state index in [-0.39, 0.29) is 5.91 Å². The molecular formula is C15H12N2O2. The second kappa shape index (κ2) is 5.23. The Kier molecular flexibility index (Phi) is 3.48. The molecule has 0 aliphatic carbocycles. The minimum Gasteiger partial charge on any atom is -0.366 e. The Bertz CT molecular complexity index is 718. The normalized spacial score (nSPS) is 9.53. The third kappa shape index (κ3) is 2.40. The molecule has 2 rings (SSSR count). The van der Waals surface area contributed by atoms with E-state index in [9.17, 15) is 9.59 Å². The summed E-state index contributed by atoms with van der Waals surface area (Å²) < 4.78 is 0. The molecule has 0 atom stereocenters. The van der Waals surface area contributed by atoms with E-state index < -0.39 is 5.91 Å². The Hall–Kier alpha value is -2.80. The fraction of sp³-hybridized carbons (Fsp3) is 0.0667. The fourth-order valence-electron chi connectivity index (χ4n) is 1.92. The number of rotatable bonds is 2. The van der Waals surface area contributed by atoms with Crippen molar-refractivity contribution >= 4 is 22.6 Å². The number of fused-ring (bicyclic) bond motifs is 1. The van der Waals surface area contributed by atoms with E-state index in [1.807, 2.05) is 12.1 Å². The summed E-state index contributed by atoms with van der Waals surface area (Å²) >= 11 is 0. The molecule has 0 aromatic heterocycles. The van der Waals surface area contributed by atoms with Crippen LogP contribution in [-0.4, -0.2) is 11.8 Å². The predicted octanol–water partition coefficient (Wildman–Crippen LogP) is 1.65. The van der Waals surface area contributed by atoms with Crippen LogP contribution in [0.3, 0.4) is 0 Å². The van der Waals surface area contributed by atoms with Gasteiger partial charge in [0.2, 0.25) is 5.91 Å². The Morgan fingerprint density at radius 3 is 2.32 bits per heavy atom. The third-order valence-electron chi connectivity index (χ3n) is 2.72. The molecule has 2 amide bonds. The van der Waals surface area contributed by atoms with Crippen molar-refractivity contribution in [3.8, 4) is 12.0 Å². The Labute approximate surface area is 110 Å². The summed E-state index contributed by atoms with van der Waals surface area (Å²) in [4.78, 5) is 23.5. The van der Waals surface area contributed by atoms with Crippen LogP contribution < -0.4 is 11.1 Å². The molecule has 4 heteroatoms. The van der Waals surface area contributed by atoms with Crippen LogP contribution in [0.15, 0.2) is 36.4 Å². The summed E-state index contributed by atoms with van der Waals surface area (Å²) in [7, 11) is 0. The molecule has 2 aromatic carbocycles. The topological polar surface area (TPSA) is 72.2 Å². The monoisotopic (exact) mass is 252 g/mol. The summed E-state index contributed by atoms with van der Waals surface area (Å²) in [6.07, 6.45) is 0. The maximum atomic E-state index is 12.0. The second-order valence-corrected chi connectivity index (χ2v) is 3.90. The maximum Gasteiger partial charge on any atom is 0.263 e. The zero-order valence-electron chi connectivity index (χ0n) is 10.4. The largest absolute Gasteiger partial charge is 0.366 e. The van der Waals surface area contributed by atoms with Crippen LogP contribution in [0, 0.1) is 12.0 Å². The molecule has 0 saturated carbocycles. The molecule has 0 aliphatic heterocycles. The zero-order valence-corrected chi connectivity index (χ0v) is 10.4. The number of hydrogen-bond acceptors (Lipinski definition) is 2. The van der Waals surface area contributed by atoms with Crippen LogP contribution in [0.5, 0.6) is 0 Å². The van der Waals surface area contributed by atoms with Gasteiger partial charge in [-0.05, 0) is 24.4 Å². The van der Waals surface area contributed by atoms with E-state index >= 15 is 0 Å². The van der Waals surface area contributed by atoms with E-state index in [0.29, 0.717) is 16.5 Å². The summed E-state index contributed by atoms with van der Waals surface area (Å²) in [5, 5.41) is 3.79. The molecule has 0 heterocycles. The molecular weight excluding hydrogens is 240 g/mol. The number of nitrogens with one attached hydrogen (secondary N) is 1. The second-order valence-electron chi connectivity index (χ2n) is 3.90. The van der Waals surface area contributed by atoms with Gasteiger partial charge in [-0.3, -0.25) is 14.9 Å². The SMILES string of the molecule is CC#CNC(=O)c1cccc2cccc(C(N)=O)c12. The molecule has 0 spiro atoms. The summed E-state index contributed by atoms with van der Waals surface area (Å²) in [5.41, 5.74) is 6.06. The van der Waals surface area contributed by atoms with Gasteiger partial charge in [0.05, 0.1) is 0 Å². The van der Waals surface area contributed by atoms with Crippen molar-refractivity contribution in [2.45, 2.75) is 6.92 Å². The molecule has 19 heavy (non-hydrogen) atoms. The first kappa shape index (κ1) is 12.7. The van der Waals surface area contributed by atoms with Gasteiger partial charge in [0.25, 0.3) is 5.91 Å². The first-order valence-electron chi connectivity index (χ1n) is 5.68. The average molecular weight is 252 g/mol. The summed E-state index contributed by atoms with van der Waals surface area (Å²) in [6.45, 7) is 1.62. The molecule has 0 saturated heterocycles. The average Bonchev–Trinajstić information content (AvgIpc) is 2.43. The van der Waals surface area contributed by atoms with Gasteiger partial charge in [-0.2, -0.15) is 0 Å². The van der Waals surface area contributed by atoms with Crippen molar-refractivity contribution in [1.82, 2.24) is 5.32 Å². The zero-order chi connectivity index (χ0) is 13.8.